The Balaban J connectivity index is 1.91. The third kappa shape index (κ3) is 4.20. The zero-order chi connectivity index (χ0) is 13.9. The number of hydrogen-bond acceptors (Lipinski definition) is 3. The first kappa shape index (κ1) is 13.8. The van der Waals surface area contributed by atoms with Gasteiger partial charge in [0.1, 0.15) is 5.82 Å². The molecule has 0 bridgehead atoms. The van der Waals surface area contributed by atoms with Gasteiger partial charge in [-0.1, -0.05) is 0 Å². The fourth-order valence-electron chi connectivity index (χ4n) is 1.53. The average Bonchev–Trinajstić information content (AvgIpc) is 3.13. The Hall–Kier alpha value is -1.63. The molecule has 0 aromatic heterocycles. The second-order valence-corrected chi connectivity index (χ2v) is 6.57. The molecule has 1 aliphatic carbocycles. The van der Waals surface area contributed by atoms with Crippen LogP contribution in [0.1, 0.15) is 12.8 Å². The van der Waals surface area contributed by atoms with Gasteiger partial charge in [-0.15, -0.1) is 0 Å². The Morgan fingerprint density at radius 2 is 2.00 bits per heavy atom. The van der Waals surface area contributed by atoms with Crippen LogP contribution in [0, 0.1) is 5.82 Å². The molecule has 1 aromatic rings. The number of sulfone groups is 1. The van der Waals surface area contributed by atoms with E-state index in [9.17, 15) is 12.8 Å². The predicted octanol–water partition coefficient (Wildman–Crippen LogP) is 0.666. The van der Waals surface area contributed by atoms with Gasteiger partial charge in [0.25, 0.3) is 0 Å². The molecule has 1 aliphatic rings. The van der Waals surface area contributed by atoms with E-state index in [-0.39, 0.29) is 23.2 Å². The lowest BCUT2D eigenvalue weighted by Gasteiger charge is -2.04. The van der Waals surface area contributed by atoms with Gasteiger partial charge in [0.2, 0.25) is 0 Å². The van der Waals surface area contributed by atoms with Crippen LogP contribution in [-0.2, 0) is 9.84 Å². The van der Waals surface area contributed by atoms with E-state index in [1.807, 2.05) is 0 Å². The molecule has 3 N–H and O–H groups in total. The molecule has 0 unspecified atom stereocenters. The van der Waals surface area contributed by atoms with E-state index in [4.69, 9.17) is 5.73 Å². The summed E-state index contributed by atoms with van der Waals surface area (Å²) in [4.78, 5) is 4.06. The zero-order valence-electron chi connectivity index (χ0n) is 10.3. The fourth-order valence-corrected chi connectivity index (χ4v) is 2.65. The molecule has 0 atom stereocenters. The summed E-state index contributed by atoms with van der Waals surface area (Å²) in [6, 6.07) is 5.14. The summed E-state index contributed by atoms with van der Waals surface area (Å²) in [5, 5.41) is 2.97. The number of guanidine groups is 1. The Labute approximate surface area is 111 Å². The maximum Gasteiger partial charge on any atom is 0.188 e. The molecule has 0 heterocycles. The summed E-state index contributed by atoms with van der Waals surface area (Å²) in [5.41, 5.74) is 5.60. The van der Waals surface area contributed by atoms with Crippen LogP contribution in [0.15, 0.2) is 34.2 Å². The van der Waals surface area contributed by atoms with E-state index >= 15 is 0 Å². The molecule has 0 amide bonds. The minimum Gasteiger partial charge on any atom is -0.370 e. The minimum atomic E-state index is -3.44. The molecule has 0 radical (unpaired) electrons. The van der Waals surface area contributed by atoms with Crippen LogP contribution in [0.2, 0.25) is 0 Å². The second kappa shape index (κ2) is 5.56. The molecule has 0 spiro atoms. The highest BCUT2D eigenvalue weighted by Gasteiger charge is 2.21. The Morgan fingerprint density at radius 3 is 2.58 bits per heavy atom. The number of benzene rings is 1. The fraction of sp³-hybridized carbons (Fsp3) is 0.417. The van der Waals surface area contributed by atoms with E-state index in [1.54, 1.807) is 0 Å². The highest BCUT2D eigenvalue weighted by molar-refractivity contribution is 7.91. The first-order valence-corrected chi connectivity index (χ1v) is 7.67. The maximum absolute atomic E-state index is 12.7. The number of hydrogen-bond donors (Lipinski definition) is 2. The van der Waals surface area contributed by atoms with E-state index in [0.717, 1.165) is 25.0 Å². The van der Waals surface area contributed by atoms with E-state index in [2.05, 4.69) is 10.3 Å². The van der Waals surface area contributed by atoms with E-state index in [1.165, 1.54) is 12.1 Å². The number of nitrogens with two attached hydrogens (primary N) is 1. The van der Waals surface area contributed by atoms with Crippen molar-refractivity contribution >= 4 is 15.8 Å². The lowest BCUT2D eigenvalue weighted by molar-refractivity contribution is 0.594. The lowest BCUT2D eigenvalue weighted by Crippen LogP contribution is -2.33. The lowest BCUT2D eigenvalue weighted by atomic mass is 10.4. The Bertz CT molecular complexity index is 565. The number of halogens is 1. The van der Waals surface area contributed by atoms with Gasteiger partial charge in [-0.2, -0.15) is 0 Å². The minimum absolute atomic E-state index is 0.0886. The van der Waals surface area contributed by atoms with Crippen molar-refractivity contribution in [2.75, 3.05) is 12.3 Å². The molecule has 1 aromatic carbocycles. The van der Waals surface area contributed by atoms with Crippen molar-refractivity contribution in [3.8, 4) is 0 Å². The number of aliphatic imine (C=N–C) groups is 1. The van der Waals surface area contributed by atoms with Crippen LogP contribution in [-0.4, -0.2) is 32.7 Å². The van der Waals surface area contributed by atoms with E-state index in [0.29, 0.717) is 6.04 Å². The number of nitrogens with one attached hydrogen (secondary N) is 1. The van der Waals surface area contributed by atoms with Crippen molar-refractivity contribution in [1.82, 2.24) is 5.32 Å². The van der Waals surface area contributed by atoms with Crippen molar-refractivity contribution in [3.05, 3.63) is 30.1 Å². The zero-order valence-corrected chi connectivity index (χ0v) is 11.2. The highest BCUT2D eigenvalue weighted by Crippen LogP contribution is 2.18. The third-order valence-corrected chi connectivity index (χ3v) is 4.45. The van der Waals surface area contributed by atoms with Crippen LogP contribution >= 0.6 is 0 Å². The molecule has 2 rings (SSSR count). The topological polar surface area (TPSA) is 84.5 Å². The van der Waals surface area contributed by atoms with Gasteiger partial charge < -0.3 is 11.1 Å². The molecule has 0 aliphatic heterocycles. The Kier molecular flexibility index (Phi) is 4.04. The number of rotatable bonds is 5. The summed E-state index contributed by atoms with van der Waals surface area (Å²) in [7, 11) is -3.44. The van der Waals surface area contributed by atoms with Gasteiger partial charge in [-0.3, -0.25) is 4.99 Å². The molecule has 19 heavy (non-hydrogen) atoms. The van der Waals surface area contributed by atoms with Gasteiger partial charge in [0.05, 0.1) is 17.2 Å². The molecule has 1 saturated carbocycles. The van der Waals surface area contributed by atoms with Crippen LogP contribution in [0.5, 0.6) is 0 Å². The molecule has 1 fully saturated rings. The van der Waals surface area contributed by atoms with Gasteiger partial charge in [0.15, 0.2) is 15.8 Å². The molecule has 7 heteroatoms. The van der Waals surface area contributed by atoms with Crippen LogP contribution in [0.25, 0.3) is 0 Å². The van der Waals surface area contributed by atoms with Crippen molar-refractivity contribution in [2.45, 2.75) is 23.8 Å². The summed E-state index contributed by atoms with van der Waals surface area (Å²) in [6.45, 7) is 0.0886. The normalized spacial score (nSPS) is 16.4. The third-order valence-electron chi connectivity index (χ3n) is 2.74. The van der Waals surface area contributed by atoms with Crippen molar-refractivity contribution in [3.63, 3.8) is 0 Å². The summed E-state index contributed by atoms with van der Waals surface area (Å²) in [5.74, 6) is -0.335. The second-order valence-electron chi connectivity index (χ2n) is 4.46. The van der Waals surface area contributed by atoms with Crippen LogP contribution < -0.4 is 11.1 Å². The molecular formula is C12H16FN3O2S. The standard InChI is InChI=1S/C12H16FN3O2S/c13-9-1-5-11(6-2-9)19(17,18)8-7-15-12(14)16-10-3-4-10/h1-2,5-6,10H,3-4,7-8H2,(H3,14,15,16). The molecule has 5 nitrogen and oxygen atoms in total. The van der Waals surface area contributed by atoms with Gasteiger partial charge in [-0.25, -0.2) is 12.8 Å². The number of nitrogens with zero attached hydrogens (tertiary/aromatic N) is 1. The molecule has 104 valence electrons. The van der Waals surface area contributed by atoms with Crippen molar-refractivity contribution in [1.29, 1.82) is 0 Å². The first-order chi connectivity index (χ1) is 8.97. The van der Waals surface area contributed by atoms with Crippen molar-refractivity contribution in [2.24, 2.45) is 10.7 Å². The van der Waals surface area contributed by atoms with Crippen molar-refractivity contribution < 1.29 is 12.8 Å². The highest BCUT2D eigenvalue weighted by atomic mass is 32.2. The maximum atomic E-state index is 12.7. The van der Waals surface area contributed by atoms with Crippen LogP contribution in [0.3, 0.4) is 0 Å². The largest absolute Gasteiger partial charge is 0.370 e. The molecular weight excluding hydrogens is 269 g/mol. The summed E-state index contributed by atoms with van der Waals surface area (Å²) >= 11 is 0. The smallest absolute Gasteiger partial charge is 0.188 e. The van der Waals surface area contributed by atoms with Gasteiger partial charge in [-0.05, 0) is 37.1 Å². The quantitative estimate of drug-likeness (QED) is 0.473. The van der Waals surface area contributed by atoms with Gasteiger partial charge in [0, 0.05) is 6.04 Å². The first-order valence-electron chi connectivity index (χ1n) is 6.02. The van der Waals surface area contributed by atoms with Crippen LogP contribution in [0.4, 0.5) is 4.39 Å². The monoisotopic (exact) mass is 285 g/mol. The summed E-state index contributed by atoms with van der Waals surface area (Å²) < 4.78 is 36.5. The predicted molar refractivity (Wildman–Crippen MR) is 71.1 cm³/mol. The summed E-state index contributed by atoms with van der Waals surface area (Å²) in [6.07, 6.45) is 2.15. The SMILES string of the molecule is NC(=NCCS(=O)(=O)c1ccc(F)cc1)NC1CC1. The van der Waals surface area contributed by atoms with E-state index < -0.39 is 15.7 Å². The van der Waals surface area contributed by atoms with Gasteiger partial charge >= 0.3 is 0 Å². The molecule has 0 saturated heterocycles. The Morgan fingerprint density at radius 1 is 1.37 bits per heavy atom. The average molecular weight is 285 g/mol.